The first-order valence-corrected chi connectivity index (χ1v) is 5.92. The van der Waals surface area contributed by atoms with Crippen LogP contribution in [0, 0.1) is 0 Å². The maximum Gasteiger partial charge on any atom is 0.0791 e. The predicted octanol–water partition coefficient (Wildman–Crippen LogP) is -0.407. The van der Waals surface area contributed by atoms with Crippen LogP contribution in [-0.2, 0) is 0 Å². The average molecular weight is 215 g/mol. The number of rotatable bonds is 5. The third-order valence-electron chi connectivity index (χ3n) is 3.24. The summed E-state index contributed by atoms with van der Waals surface area (Å²) in [5.41, 5.74) is 0. The van der Waals surface area contributed by atoms with Gasteiger partial charge in [-0.05, 0) is 20.5 Å². The Kier molecular flexibility index (Phi) is 5.53. The number of piperazine rings is 1. The van der Waals surface area contributed by atoms with Crippen LogP contribution in [0.15, 0.2) is 0 Å². The Bertz CT molecular complexity index is 177. The fourth-order valence-corrected chi connectivity index (χ4v) is 2.22. The number of aliphatic hydroxyl groups is 1. The van der Waals surface area contributed by atoms with E-state index in [-0.39, 0.29) is 6.10 Å². The summed E-state index contributed by atoms with van der Waals surface area (Å²) in [4.78, 5) is 4.79. The van der Waals surface area contributed by atoms with Crippen molar-refractivity contribution >= 4 is 0 Å². The summed E-state index contributed by atoms with van der Waals surface area (Å²) in [6.07, 6.45) is 0.950. The molecule has 1 saturated heterocycles. The second-order valence-corrected chi connectivity index (χ2v) is 4.51. The number of nitrogens with zero attached hydrogens (tertiary/aromatic N) is 2. The number of β-amino-alcohol motifs (C(OH)–C–C–N with tert-alkyl or cyclic N) is 1. The maximum absolute atomic E-state index is 9.71. The molecule has 0 saturated carbocycles. The van der Waals surface area contributed by atoms with E-state index in [1.807, 2.05) is 7.05 Å². The molecule has 0 aromatic carbocycles. The molecule has 4 nitrogen and oxygen atoms in total. The highest BCUT2D eigenvalue weighted by Gasteiger charge is 2.23. The third-order valence-corrected chi connectivity index (χ3v) is 3.24. The van der Waals surface area contributed by atoms with Gasteiger partial charge in [0.1, 0.15) is 0 Å². The molecule has 1 rings (SSSR count). The van der Waals surface area contributed by atoms with Gasteiger partial charge in [-0.25, -0.2) is 0 Å². The third kappa shape index (κ3) is 4.07. The zero-order valence-corrected chi connectivity index (χ0v) is 10.2. The van der Waals surface area contributed by atoms with Crippen LogP contribution in [-0.4, -0.2) is 73.9 Å². The van der Waals surface area contributed by atoms with E-state index in [9.17, 15) is 5.11 Å². The molecule has 0 aliphatic carbocycles. The molecule has 0 amide bonds. The van der Waals surface area contributed by atoms with Crippen LogP contribution in [0.1, 0.15) is 13.3 Å². The van der Waals surface area contributed by atoms with Crippen molar-refractivity contribution in [1.29, 1.82) is 0 Å². The second kappa shape index (κ2) is 6.43. The number of nitrogens with one attached hydrogen (secondary N) is 1. The van der Waals surface area contributed by atoms with Gasteiger partial charge in [-0.3, -0.25) is 4.90 Å². The molecule has 0 aromatic heterocycles. The summed E-state index contributed by atoms with van der Waals surface area (Å²) >= 11 is 0. The maximum atomic E-state index is 9.71. The standard InChI is InChI=1S/C11H25N3O/c1-4-10-8-14(6-5-13(10)3)9-11(15)7-12-2/h10-12,15H,4-9H2,1-3H3. The smallest absolute Gasteiger partial charge is 0.0791 e. The summed E-state index contributed by atoms with van der Waals surface area (Å²) in [7, 11) is 4.07. The van der Waals surface area contributed by atoms with Crippen LogP contribution in [0.3, 0.4) is 0 Å². The molecule has 0 spiro atoms. The quantitative estimate of drug-likeness (QED) is 0.654. The number of hydrogen-bond acceptors (Lipinski definition) is 4. The fraction of sp³-hybridized carbons (Fsp3) is 1.00. The van der Waals surface area contributed by atoms with E-state index in [0.29, 0.717) is 12.6 Å². The van der Waals surface area contributed by atoms with Crippen molar-refractivity contribution in [3.05, 3.63) is 0 Å². The molecule has 2 unspecified atom stereocenters. The molecule has 4 heteroatoms. The summed E-state index contributed by atoms with van der Waals surface area (Å²) in [6, 6.07) is 0.653. The van der Waals surface area contributed by atoms with Gasteiger partial charge in [0.15, 0.2) is 0 Å². The fourth-order valence-electron chi connectivity index (χ4n) is 2.22. The largest absolute Gasteiger partial charge is 0.390 e. The van der Waals surface area contributed by atoms with Crippen LogP contribution in [0.5, 0.6) is 0 Å². The zero-order chi connectivity index (χ0) is 11.3. The van der Waals surface area contributed by atoms with Crippen molar-refractivity contribution in [2.75, 3.05) is 46.8 Å². The van der Waals surface area contributed by atoms with Crippen molar-refractivity contribution in [2.45, 2.75) is 25.5 Å². The number of likely N-dealkylation sites (N-methyl/N-ethyl adjacent to an activating group) is 2. The van der Waals surface area contributed by atoms with Crippen LogP contribution >= 0.6 is 0 Å². The average Bonchev–Trinajstić information content (AvgIpc) is 2.21. The van der Waals surface area contributed by atoms with Crippen molar-refractivity contribution in [1.82, 2.24) is 15.1 Å². The lowest BCUT2D eigenvalue weighted by atomic mass is 10.1. The van der Waals surface area contributed by atoms with Gasteiger partial charge < -0.3 is 15.3 Å². The first-order chi connectivity index (χ1) is 7.17. The van der Waals surface area contributed by atoms with Gasteiger partial charge in [0.2, 0.25) is 0 Å². The lowest BCUT2D eigenvalue weighted by molar-refractivity contribution is 0.0513. The Labute approximate surface area is 93.2 Å². The minimum absolute atomic E-state index is 0.240. The van der Waals surface area contributed by atoms with E-state index >= 15 is 0 Å². The lowest BCUT2D eigenvalue weighted by Crippen LogP contribution is -2.53. The van der Waals surface area contributed by atoms with Crippen LogP contribution in [0.4, 0.5) is 0 Å². The molecule has 1 aliphatic heterocycles. The number of hydrogen-bond donors (Lipinski definition) is 2. The molecular formula is C11H25N3O. The van der Waals surface area contributed by atoms with Crippen molar-refractivity contribution in [3.8, 4) is 0 Å². The summed E-state index contributed by atoms with van der Waals surface area (Å²) in [5, 5.41) is 12.7. The van der Waals surface area contributed by atoms with Crippen LogP contribution < -0.4 is 5.32 Å². The first-order valence-electron chi connectivity index (χ1n) is 5.92. The van der Waals surface area contributed by atoms with E-state index < -0.39 is 0 Å². The first kappa shape index (κ1) is 12.9. The second-order valence-electron chi connectivity index (χ2n) is 4.51. The molecule has 0 radical (unpaired) electrons. The topological polar surface area (TPSA) is 38.7 Å². The molecule has 2 atom stereocenters. The van der Waals surface area contributed by atoms with E-state index in [0.717, 1.165) is 26.2 Å². The molecule has 0 bridgehead atoms. The van der Waals surface area contributed by atoms with Crippen molar-refractivity contribution < 1.29 is 5.11 Å². The number of aliphatic hydroxyl groups excluding tert-OH is 1. The zero-order valence-electron chi connectivity index (χ0n) is 10.2. The van der Waals surface area contributed by atoms with Gasteiger partial charge in [-0.15, -0.1) is 0 Å². The SMILES string of the molecule is CCC1CN(CC(O)CNC)CCN1C. The van der Waals surface area contributed by atoms with Gasteiger partial charge >= 0.3 is 0 Å². The normalized spacial score (nSPS) is 26.8. The minimum Gasteiger partial charge on any atom is -0.390 e. The van der Waals surface area contributed by atoms with E-state index in [4.69, 9.17) is 0 Å². The monoisotopic (exact) mass is 215 g/mol. The van der Waals surface area contributed by atoms with Gasteiger partial charge in [0, 0.05) is 38.8 Å². The predicted molar refractivity (Wildman–Crippen MR) is 63.1 cm³/mol. The van der Waals surface area contributed by atoms with E-state index in [1.54, 1.807) is 0 Å². The van der Waals surface area contributed by atoms with Crippen molar-refractivity contribution in [3.63, 3.8) is 0 Å². The molecule has 0 aromatic rings. The van der Waals surface area contributed by atoms with Gasteiger partial charge in [-0.2, -0.15) is 0 Å². The van der Waals surface area contributed by atoms with Gasteiger partial charge in [0.25, 0.3) is 0 Å². The minimum atomic E-state index is -0.240. The Morgan fingerprint density at radius 1 is 1.47 bits per heavy atom. The molecule has 2 N–H and O–H groups in total. The molecule has 90 valence electrons. The van der Waals surface area contributed by atoms with Gasteiger partial charge in [-0.1, -0.05) is 6.92 Å². The molecule has 1 aliphatic rings. The highest BCUT2D eigenvalue weighted by Crippen LogP contribution is 2.10. The van der Waals surface area contributed by atoms with Crippen LogP contribution in [0.25, 0.3) is 0 Å². The molecule has 1 heterocycles. The molecule has 15 heavy (non-hydrogen) atoms. The van der Waals surface area contributed by atoms with Crippen LogP contribution in [0.2, 0.25) is 0 Å². The summed E-state index contributed by atoms with van der Waals surface area (Å²) in [6.45, 7) is 7.00. The Morgan fingerprint density at radius 3 is 2.80 bits per heavy atom. The highest BCUT2D eigenvalue weighted by atomic mass is 16.3. The summed E-state index contributed by atoms with van der Waals surface area (Å²) in [5.74, 6) is 0. The van der Waals surface area contributed by atoms with Gasteiger partial charge in [0.05, 0.1) is 6.10 Å². The molecule has 1 fully saturated rings. The van der Waals surface area contributed by atoms with E-state index in [2.05, 4.69) is 29.1 Å². The molecular weight excluding hydrogens is 190 g/mol. The Hall–Kier alpha value is -0.160. The highest BCUT2D eigenvalue weighted by molar-refractivity contribution is 4.80. The Balaban J connectivity index is 2.31. The van der Waals surface area contributed by atoms with Crippen molar-refractivity contribution in [2.24, 2.45) is 0 Å². The van der Waals surface area contributed by atoms with E-state index in [1.165, 1.54) is 6.42 Å². The Morgan fingerprint density at radius 2 is 2.20 bits per heavy atom. The summed E-state index contributed by atoms with van der Waals surface area (Å²) < 4.78 is 0. The lowest BCUT2D eigenvalue weighted by Gasteiger charge is -2.39.